The van der Waals surface area contributed by atoms with Crippen molar-refractivity contribution in [3.8, 4) is 0 Å². The van der Waals surface area contributed by atoms with Gasteiger partial charge >= 0.3 is 12.1 Å². The second kappa shape index (κ2) is 4.42. The molecule has 0 aromatic rings. The van der Waals surface area contributed by atoms with E-state index in [9.17, 15) is 19.8 Å². The number of carbonyl (C=O) groups is 2. The smallest absolute Gasteiger partial charge is 0.408 e. The van der Waals surface area contributed by atoms with Gasteiger partial charge in [0.25, 0.3) is 0 Å². The van der Waals surface area contributed by atoms with Crippen LogP contribution in [0.2, 0.25) is 0 Å². The van der Waals surface area contributed by atoms with E-state index in [1.807, 2.05) is 20.8 Å². The number of rotatable bonds is 1. The Bertz CT molecular complexity index is 364. The van der Waals surface area contributed by atoms with Crippen molar-refractivity contribution in [1.29, 1.82) is 0 Å². The highest BCUT2D eigenvalue weighted by Gasteiger charge is 2.56. The van der Waals surface area contributed by atoms with E-state index < -0.39 is 17.6 Å². The molecule has 0 radical (unpaired) electrons. The Morgan fingerprint density at radius 3 is 2.17 bits per heavy atom. The lowest BCUT2D eigenvalue weighted by Crippen LogP contribution is -2.68. The van der Waals surface area contributed by atoms with Crippen LogP contribution in [0.25, 0.3) is 0 Å². The molecule has 18 heavy (non-hydrogen) atoms. The van der Waals surface area contributed by atoms with Gasteiger partial charge in [-0.2, -0.15) is 0 Å². The molecule has 1 rings (SSSR count). The summed E-state index contributed by atoms with van der Waals surface area (Å²) in [5, 5.41) is 18.7. The second-order valence-electron chi connectivity index (χ2n) is 6.26. The minimum absolute atomic E-state index is 0.0602. The van der Waals surface area contributed by atoms with Crippen LogP contribution in [0, 0.1) is 11.3 Å². The van der Waals surface area contributed by atoms with Crippen LogP contribution in [0.5, 0.6) is 0 Å². The lowest BCUT2D eigenvalue weighted by atomic mass is 9.64. The fraction of sp³-hybridized carbons (Fsp3) is 0.833. The van der Waals surface area contributed by atoms with Gasteiger partial charge in [-0.25, -0.2) is 9.59 Å². The predicted octanol–water partition coefficient (Wildman–Crippen LogP) is 1.20. The van der Waals surface area contributed by atoms with Crippen LogP contribution in [0.15, 0.2) is 0 Å². The molecule has 1 aliphatic rings. The number of nitrogens with two attached hydrogens (primary N) is 1. The molecule has 1 amide bonds. The SMILES string of the molecule is CC(C)(C)C1CC(N)CN(C(=O)O)C1(C)C(=O)O. The summed E-state index contributed by atoms with van der Waals surface area (Å²) >= 11 is 0. The largest absolute Gasteiger partial charge is 0.479 e. The fourth-order valence-corrected chi connectivity index (χ4v) is 2.96. The van der Waals surface area contributed by atoms with E-state index in [2.05, 4.69) is 0 Å². The Labute approximate surface area is 107 Å². The average Bonchev–Trinajstić information content (AvgIpc) is 2.18. The topological polar surface area (TPSA) is 104 Å². The fourth-order valence-electron chi connectivity index (χ4n) is 2.96. The number of carboxylic acids is 1. The minimum Gasteiger partial charge on any atom is -0.479 e. The molecule has 1 heterocycles. The third-order valence-electron chi connectivity index (χ3n) is 3.90. The van der Waals surface area contributed by atoms with E-state index in [1.165, 1.54) is 6.92 Å². The number of hydrogen-bond donors (Lipinski definition) is 3. The Balaban J connectivity index is 3.30. The third kappa shape index (κ3) is 2.29. The molecule has 0 aromatic carbocycles. The first-order chi connectivity index (χ1) is 8.01. The van der Waals surface area contributed by atoms with Crippen molar-refractivity contribution >= 4 is 12.1 Å². The normalized spacial score (nSPS) is 33.3. The van der Waals surface area contributed by atoms with Crippen molar-refractivity contribution in [3.63, 3.8) is 0 Å². The van der Waals surface area contributed by atoms with Crippen molar-refractivity contribution in [2.24, 2.45) is 17.1 Å². The molecule has 6 heteroatoms. The zero-order valence-corrected chi connectivity index (χ0v) is 11.3. The van der Waals surface area contributed by atoms with Crippen LogP contribution in [0.4, 0.5) is 4.79 Å². The quantitative estimate of drug-likeness (QED) is 0.655. The van der Waals surface area contributed by atoms with Gasteiger partial charge in [0.2, 0.25) is 0 Å². The number of piperidine rings is 1. The summed E-state index contributed by atoms with van der Waals surface area (Å²) in [7, 11) is 0. The zero-order valence-electron chi connectivity index (χ0n) is 11.3. The van der Waals surface area contributed by atoms with Gasteiger partial charge in [-0.15, -0.1) is 0 Å². The predicted molar refractivity (Wildman–Crippen MR) is 66.3 cm³/mol. The van der Waals surface area contributed by atoms with Crippen molar-refractivity contribution < 1.29 is 19.8 Å². The van der Waals surface area contributed by atoms with Gasteiger partial charge in [0.05, 0.1) is 0 Å². The molecule has 0 aromatic heterocycles. The minimum atomic E-state index is -1.43. The first-order valence-electron chi connectivity index (χ1n) is 6.00. The van der Waals surface area contributed by atoms with Crippen LogP contribution >= 0.6 is 0 Å². The van der Waals surface area contributed by atoms with Gasteiger partial charge in [0.1, 0.15) is 5.54 Å². The maximum atomic E-state index is 11.6. The van der Waals surface area contributed by atoms with Gasteiger partial charge in [0.15, 0.2) is 0 Å². The van der Waals surface area contributed by atoms with Crippen LogP contribution in [-0.4, -0.2) is 45.3 Å². The van der Waals surface area contributed by atoms with Gasteiger partial charge < -0.3 is 15.9 Å². The van der Waals surface area contributed by atoms with E-state index >= 15 is 0 Å². The molecular formula is C12H22N2O4. The number of carboxylic acid groups (broad SMARTS) is 2. The molecule has 0 saturated carbocycles. The molecule has 3 unspecified atom stereocenters. The Hall–Kier alpha value is -1.30. The Morgan fingerprint density at radius 2 is 1.83 bits per heavy atom. The number of amides is 1. The third-order valence-corrected chi connectivity index (χ3v) is 3.90. The van der Waals surface area contributed by atoms with Crippen molar-refractivity contribution in [3.05, 3.63) is 0 Å². The molecule has 0 spiro atoms. The molecule has 3 atom stereocenters. The van der Waals surface area contributed by atoms with Crippen molar-refractivity contribution in [1.82, 2.24) is 4.90 Å². The number of hydrogen-bond acceptors (Lipinski definition) is 3. The van der Waals surface area contributed by atoms with Crippen molar-refractivity contribution in [2.75, 3.05) is 6.54 Å². The molecule has 6 nitrogen and oxygen atoms in total. The van der Waals surface area contributed by atoms with Crippen LogP contribution in [0.1, 0.15) is 34.1 Å². The maximum absolute atomic E-state index is 11.6. The van der Waals surface area contributed by atoms with Gasteiger partial charge in [-0.3, -0.25) is 4.90 Å². The van der Waals surface area contributed by atoms with E-state index in [1.54, 1.807) is 0 Å². The summed E-state index contributed by atoms with van der Waals surface area (Å²) in [6.45, 7) is 7.28. The van der Waals surface area contributed by atoms with Gasteiger partial charge in [-0.1, -0.05) is 20.8 Å². The van der Waals surface area contributed by atoms with Gasteiger partial charge in [0, 0.05) is 12.6 Å². The maximum Gasteiger partial charge on any atom is 0.408 e. The summed E-state index contributed by atoms with van der Waals surface area (Å²) in [6, 6.07) is -0.322. The number of aliphatic carboxylic acids is 1. The highest BCUT2D eigenvalue weighted by molar-refractivity contribution is 5.84. The van der Waals surface area contributed by atoms with E-state index in [0.717, 1.165) is 4.90 Å². The molecule has 0 aliphatic carbocycles. The summed E-state index contributed by atoms with van der Waals surface area (Å²) in [6.07, 6.45) is -0.722. The van der Waals surface area contributed by atoms with Crippen LogP contribution in [-0.2, 0) is 4.79 Å². The zero-order chi connectivity index (χ0) is 14.3. The Morgan fingerprint density at radius 1 is 1.33 bits per heavy atom. The molecule has 0 bridgehead atoms. The molecule has 1 saturated heterocycles. The lowest BCUT2D eigenvalue weighted by Gasteiger charge is -2.52. The van der Waals surface area contributed by atoms with Crippen molar-refractivity contribution in [2.45, 2.75) is 45.7 Å². The highest BCUT2D eigenvalue weighted by Crippen LogP contribution is 2.44. The van der Waals surface area contributed by atoms with Crippen LogP contribution in [0.3, 0.4) is 0 Å². The monoisotopic (exact) mass is 258 g/mol. The molecule has 4 N–H and O–H groups in total. The Kier molecular flexibility index (Phi) is 3.63. The first-order valence-corrected chi connectivity index (χ1v) is 6.00. The van der Waals surface area contributed by atoms with Crippen LogP contribution < -0.4 is 5.73 Å². The highest BCUT2D eigenvalue weighted by atomic mass is 16.4. The first kappa shape index (κ1) is 14.8. The lowest BCUT2D eigenvalue weighted by molar-refractivity contribution is -0.160. The molecule has 1 aliphatic heterocycles. The number of likely N-dealkylation sites (tertiary alicyclic amines) is 1. The molecular weight excluding hydrogens is 236 g/mol. The van der Waals surface area contributed by atoms with E-state index in [4.69, 9.17) is 5.73 Å². The van der Waals surface area contributed by atoms with Gasteiger partial charge in [-0.05, 0) is 24.7 Å². The standard InChI is InChI=1S/C12H22N2O4/c1-11(2,3)8-5-7(13)6-14(10(17)18)12(8,4)9(15)16/h7-8H,5-6,13H2,1-4H3,(H,15,16)(H,17,18). The average molecular weight is 258 g/mol. The molecule has 104 valence electrons. The summed E-state index contributed by atoms with van der Waals surface area (Å²) in [4.78, 5) is 23.9. The second-order valence-corrected chi connectivity index (χ2v) is 6.26. The van der Waals surface area contributed by atoms with E-state index in [-0.39, 0.29) is 23.9 Å². The number of nitrogens with zero attached hydrogens (tertiary/aromatic N) is 1. The van der Waals surface area contributed by atoms with E-state index in [0.29, 0.717) is 6.42 Å². The summed E-state index contributed by atoms with van der Waals surface area (Å²) in [5.74, 6) is -1.45. The summed E-state index contributed by atoms with van der Waals surface area (Å²) < 4.78 is 0. The molecule has 1 fully saturated rings. The summed E-state index contributed by atoms with van der Waals surface area (Å²) in [5.41, 5.74) is 4.11.